The molecule has 5 atom stereocenters. The molecule has 6 nitrogen and oxygen atoms in total. The van der Waals surface area contributed by atoms with Crippen LogP contribution in [0.15, 0.2) is 12.2 Å². The molecule has 1 saturated heterocycles. The molecule has 1 heterocycles. The van der Waals surface area contributed by atoms with E-state index in [0.29, 0.717) is 19.3 Å². The van der Waals surface area contributed by atoms with Gasteiger partial charge in [0.25, 0.3) is 0 Å². The van der Waals surface area contributed by atoms with Crippen LogP contribution in [0.1, 0.15) is 39.0 Å². The van der Waals surface area contributed by atoms with Crippen LogP contribution in [0.5, 0.6) is 0 Å². The molecular weight excluding hydrogens is 274 g/mol. The number of allylic oxidation sites excluding steroid dienone is 1. The molecule has 1 aliphatic carbocycles. The first-order valence-electron chi connectivity index (χ1n) is 7.53. The minimum absolute atomic E-state index is 0.370. The van der Waals surface area contributed by atoms with Crippen LogP contribution in [-0.4, -0.2) is 44.9 Å². The molecule has 0 aromatic rings. The summed E-state index contributed by atoms with van der Waals surface area (Å²) < 4.78 is 0. The quantitative estimate of drug-likeness (QED) is 0.551. The molecule has 2 rings (SSSR count). The second-order valence-corrected chi connectivity index (χ2v) is 5.97. The molecule has 4 unspecified atom stereocenters. The molecule has 0 spiro atoms. The first kappa shape index (κ1) is 16.0. The number of hydrogen-bond donors (Lipinski definition) is 4. The number of hydrogen-bond acceptors (Lipinski definition) is 4. The maximum atomic E-state index is 12.0. The van der Waals surface area contributed by atoms with Gasteiger partial charge in [-0.2, -0.15) is 0 Å². The van der Waals surface area contributed by atoms with E-state index in [1.165, 1.54) is 0 Å². The van der Waals surface area contributed by atoms with Gasteiger partial charge >= 0.3 is 5.97 Å². The molecule has 0 saturated carbocycles. The van der Waals surface area contributed by atoms with E-state index in [2.05, 4.69) is 5.32 Å². The number of aliphatic hydroxyl groups excluding tert-OH is 2. The van der Waals surface area contributed by atoms with Gasteiger partial charge in [0, 0.05) is 5.92 Å². The number of carboxylic acids is 1. The molecular formula is C15H23NO5. The number of carboxylic acid groups (broad SMARTS) is 1. The van der Waals surface area contributed by atoms with Gasteiger partial charge in [-0.25, -0.2) is 4.79 Å². The van der Waals surface area contributed by atoms with Gasteiger partial charge in [-0.05, 0) is 25.7 Å². The van der Waals surface area contributed by atoms with Gasteiger partial charge in [0.2, 0.25) is 5.91 Å². The van der Waals surface area contributed by atoms with Crippen molar-refractivity contribution in [1.82, 2.24) is 5.32 Å². The molecule has 6 heteroatoms. The minimum Gasteiger partial charge on any atom is -0.479 e. The van der Waals surface area contributed by atoms with Crippen LogP contribution < -0.4 is 5.32 Å². The van der Waals surface area contributed by atoms with Gasteiger partial charge in [-0.1, -0.05) is 25.5 Å². The highest BCUT2D eigenvalue weighted by Gasteiger charge is 2.62. The number of rotatable bonds is 5. The van der Waals surface area contributed by atoms with Crippen molar-refractivity contribution in [3.05, 3.63) is 12.2 Å². The summed E-state index contributed by atoms with van der Waals surface area (Å²) in [5.74, 6) is -3.03. The van der Waals surface area contributed by atoms with E-state index >= 15 is 0 Å². The zero-order chi connectivity index (χ0) is 15.6. The lowest BCUT2D eigenvalue weighted by molar-refractivity contribution is -0.159. The Balaban J connectivity index is 2.33. The van der Waals surface area contributed by atoms with Crippen molar-refractivity contribution in [3.8, 4) is 0 Å². The summed E-state index contributed by atoms with van der Waals surface area (Å²) in [6, 6.07) is 0. The standard InChI is InChI=1S/C15H23NO5/c1-2-6-10-12(18)15(14(20)21,16-13(10)19)11(17)9-7-4-3-5-8-9/h4,7,9-12,17-18H,2-3,5-6,8H2,1H3,(H,16,19)(H,20,21)/t9?,10?,11-,12?,15?/m1/s1. The lowest BCUT2D eigenvalue weighted by atomic mass is 9.75. The van der Waals surface area contributed by atoms with E-state index in [0.717, 1.165) is 12.8 Å². The zero-order valence-corrected chi connectivity index (χ0v) is 12.2. The summed E-state index contributed by atoms with van der Waals surface area (Å²) >= 11 is 0. The molecule has 1 fully saturated rings. The van der Waals surface area contributed by atoms with E-state index < -0.39 is 35.5 Å². The van der Waals surface area contributed by atoms with Crippen molar-refractivity contribution in [2.45, 2.75) is 56.8 Å². The van der Waals surface area contributed by atoms with E-state index in [9.17, 15) is 24.9 Å². The van der Waals surface area contributed by atoms with Crippen LogP contribution in [0.4, 0.5) is 0 Å². The second-order valence-electron chi connectivity index (χ2n) is 5.97. The Hall–Kier alpha value is -1.40. The largest absolute Gasteiger partial charge is 0.479 e. The normalized spacial score (nSPS) is 37.3. The van der Waals surface area contributed by atoms with Crippen molar-refractivity contribution >= 4 is 11.9 Å². The Morgan fingerprint density at radius 2 is 2.29 bits per heavy atom. The van der Waals surface area contributed by atoms with Crippen LogP contribution in [-0.2, 0) is 9.59 Å². The van der Waals surface area contributed by atoms with Crippen molar-refractivity contribution in [1.29, 1.82) is 0 Å². The van der Waals surface area contributed by atoms with Gasteiger partial charge in [-0.3, -0.25) is 4.79 Å². The molecule has 21 heavy (non-hydrogen) atoms. The van der Waals surface area contributed by atoms with Gasteiger partial charge in [0.15, 0.2) is 5.54 Å². The lowest BCUT2D eigenvalue weighted by Crippen LogP contribution is -2.65. The SMILES string of the molecule is CCCC1C(=O)NC(C(=O)O)([C@H](O)C2C=CCCC2)C1O. The van der Waals surface area contributed by atoms with E-state index in [-0.39, 0.29) is 5.92 Å². The first-order valence-corrected chi connectivity index (χ1v) is 7.53. The highest BCUT2D eigenvalue weighted by Crippen LogP contribution is 2.37. The summed E-state index contributed by atoms with van der Waals surface area (Å²) in [6.45, 7) is 1.86. The Morgan fingerprint density at radius 3 is 2.81 bits per heavy atom. The molecule has 118 valence electrons. The van der Waals surface area contributed by atoms with Crippen LogP contribution in [0.3, 0.4) is 0 Å². The van der Waals surface area contributed by atoms with E-state index in [1.807, 2.05) is 13.0 Å². The van der Waals surface area contributed by atoms with Gasteiger partial charge in [0.05, 0.1) is 12.0 Å². The molecule has 0 bridgehead atoms. The van der Waals surface area contributed by atoms with E-state index in [4.69, 9.17) is 0 Å². The summed E-state index contributed by atoms with van der Waals surface area (Å²) in [7, 11) is 0. The topological polar surface area (TPSA) is 107 Å². The average molecular weight is 297 g/mol. The third-order valence-corrected chi connectivity index (χ3v) is 4.63. The van der Waals surface area contributed by atoms with Crippen molar-refractivity contribution in [2.24, 2.45) is 11.8 Å². The molecule has 1 amide bonds. The summed E-state index contributed by atoms with van der Waals surface area (Å²) in [5, 5.41) is 32.9. The fraction of sp³-hybridized carbons (Fsp3) is 0.733. The van der Waals surface area contributed by atoms with Gasteiger partial charge in [0.1, 0.15) is 6.10 Å². The fourth-order valence-electron chi connectivity index (χ4n) is 3.43. The number of aliphatic carboxylic acids is 1. The highest BCUT2D eigenvalue weighted by atomic mass is 16.4. The maximum Gasteiger partial charge on any atom is 0.334 e. The van der Waals surface area contributed by atoms with Crippen LogP contribution in [0, 0.1) is 11.8 Å². The Bertz CT molecular complexity index is 449. The molecule has 0 aromatic carbocycles. The number of amides is 1. The van der Waals surface area contributed by atoms with Gasteiger partial charge in [-0.15, -0.1) is 0 Å². The molecule has 4 N–H and O–H groups in total. The lowest BCUT2D eigenvalue weighted by Gasteiger charge is -2.37. The van der Waals surface area contributed by atoms with Gasteiger partial charge < -0.3 is 20.6 Å². The van der Waals surface area contributed by atoms with E-state index in [1.54, 1.807) is 6.08 Å². The van der Waals surface area contributed by atoms with Crippen LogP contribution in [0.25, 0.3) is 0 Å². The predicted octanol–water partition coefficient (Wildman–Crippen LogP) is 0.434. The minimum atomic E-state index is -2.01. The maximum absolute atomic E-state index is 12.0. The van der Waals surface area contributed by atoms with Crippen molar-refractivity contribution < 1.29 is 24.9 Å². The number of carbonyl (C=O) groups excluding carboxylic acids is 1. The Kier molecular flexibility index (Phi) is 4.68. The third-order valence-electron chi connectivity index (χ3n) is 4.63. The smallest absolute Gasteiger partial charge is 0.334 e. The monoisotopic (exact) mass is 297 g/mol. The number of nitrogens with one attached hydrogen (secondary N) is 1. The molecule has 1 aliphatic heterocycles. The molecule has 2 aliphatic rings. The summed E-state index contributed by atoms with van der Waals surface area (Å²) in [4.78, 5) is 23.8. The molecule has 0 aromatic heterocycles. The fourth-order valence-corrected chi connectivity index (χ4v) is 3.43. The van der Waals surface area contributed by atoms with Crippen molar-refractivity contribution in [2.75, 3.05) is 0 Å². The first-order chi connectivity index (χ1) is 9.95. The summed E-state index contributed by atoms with van der Waals surface area (Å²) in [6.07, 6.45) is 4.38. The number of aliphatic hydroxyl groups is 2. The third kappa shape index (κ3) is 2.58. The second kappa shape index (κ2) is 6.15. The number of carbonyl (C=O) groups is 2. The van der Waals surface area contributed by atoms with Crippen LogP contribution in [0.2, 0.25) is 0 Å². The Morgan fingerprint density at radius 1 is 1.57 bits per heavy atom. The Labute approximate surface area is 123 Å². The zero-order valence-electron chi connectivity index (χ0n) is 12.2. The summed E-state index contributed by atoms with van der Waals surface area (Å²) in [5.41, 5.74) is -2.01. The van der Waals surface area contributed by atoms with Crippen molar-refractivity contribution in [3.63, 3.8) is 0 Å². The average Bonchev–Trinajstić information content (AvgIpc) is 2.73. The predicted molar refractivity (Wildman–Crippen MR) is 75.4 cm³/mol. The van der Waals surface area contributed by atoms with Crippen LogP contribution >= 0.6 is 0 Å². The highest BCUT2D eigenvalue weighted by molar-refractivity contribution is 5.94. The molecule has 0 radical (unpaired) electrons.